The summed E-state index contributed by atoms with van der Waals surface area (Å²) < 4.78 is 7.44. The zero-order valence-corrected chi connectivity index (χ0v) is 20.3. The molecule has 8 heteroatoms. The maximum atomic E-state index is 13.1. The molecule has 0 unspecified atom stereocenters. The number of ether oxygens (including phenoxy) is 1. The molecular weight excluding hydrogens is 452 g/mol. The van der Waals surface area contributed by atoms with Gasteiger partial charge in [-0.1, -0.05) is 18.2 Å². The van der Waals surface area contributed by atoms with Gasteiger partial charge in [0.15, 0.2) is 0 Å². The van der Waals surface area contributed by atoms with Crippen LogP contribution in [0.2, 0.25) is 0 Å². The lowest BCUT2D eigenvalue weighted by Gasteiger charge is -2.37. The van der Waals surface area contributed by atoms with Crippen LogP contribution < -0.4 is 9.80 Å². The van der Waals surface area contributed by atoms with Gasteiger partial charge in [-0.3, -0.25) is 4.79 Å². The molecule has 2 aliphatic rings. The van der Waals surface area contributed by atoms with E-state index in [2.05, 4.69) is 56.2 Å². The number of hydrogen-bond donors (Lipinski definition) is 0. The lowest BCUT2D eigenvalue weighted by Crippen LogP contribution is -2.49. The van der Waals surface area contributed by atoms with Crippen molar-refractivity contribution in [3.05, 3.63) is 73.2 Å². The summed E-state index contributed by atoms with van der Waals surface area (Å²) in [5.41, 5.74) is 4.41. The number of morpholine rings is 1. The van der Waals surface area contributed by atoms with Gasteiger partial charge in [-0.05, 0) is 42.0 Å². The van der Waals surface area contributed by atoms with E-state index in [-0.39, 0.29) is 5.91 Å². The first-order valence-electron chi connectivity index (χ1n) is 12.6. The second-order valence-corrected chi connectivity index (χ2v) is 9.25. The van der Waals surface area contributed by atoms with Crippen LogP contribution in [0.25, 0.3) is 22.2 Å². The summed E-state index contributed by atoms with van der Waals surface area (Å²) >= 11 is 0. The van der Waals surface area contributed by atoms with E-state index < -0.39 is 0 Å². The Kier molecular flexibility index (Phi) is 6.26. The van der Waals surface area contributed by atoms with E-state index in [1.54, 1.807) is 6.20 Å². The number of aromatic nitrogens is 3. The van der Waals surface area contributed by atoms with Crippen LogP contribution >= 0.6 is 0 Å². The number of carbonyl (C=O) groups is 1. The maximum absolute atomic E-state index is 13.1. The summed E-state index contributed by atoms with van der Waals surface area (Å²) in [6, 6.07) is 18.7. The molecule has 3 aromatic heterocycles. The molecule has 184 valence electrons. The lowest BCUT2D eigenvalue weighted by molar-refractivity contribution is -0.132. The number of pyridine rings is 2. The second kappa shape index (κ2) is 9.99. The first-order chi connectivity index (χ1) is 17.8. The van der Waals surface area contributed by atoms with E-state index in [4.69, 9.17) is 4.74 Å². The molecule has 1 aromatic carbocycles. The van der Waals surface area contributed by atoms with Gasteiger partial charge in [0.2, 0.25) is 5.91 Å². The normalized spacial score (nSPS) is 16.5. The highest BCUT2D eigenvalue weighted by Gasteiger charge is 2.24. The molecule has 36 heavy (non-hydrogen) atoms. The fourth-order valence-electron chi connectivity index (χ4n) is 5.14. The number of fused-ring (bicyclic) bond motifs is 1. The minimum Gasteiger partial charge on any atom is -0.378 e. The summed E-state index contributed by atoms with van der Waals surface area (Å²) in [5.74, 6) is 1.13. The first kappa shape index (κ1) is 22.5. The van der Waals surface area contributed by atoms with Crippen molar-refractivity contribution in [3.63, 3.8) is 0 Å². The quantitative estimate of drug-likeness (QED) is 0.435. The number of nitrogens with zero attached hydrogens (tertiary/aromatic N) is 6. The molecule has 2 saturated heterocycles. The van der Waals surface area contributed by atoms with E-state index in [1.807, 2.05) is 40.1 Å². The van der Waals surface area contributed by atoms with Crippen LogP contribution in [-0.4, -0.2) is 77.8 Å². The molecule has 0 atom stereocenters. The summed E-state index contributed by atoms with van der Waals surface area (Å²) in [4.78, 5) is 28.8. The number of para-hydroxylation sites is 1. The Balaban J connectivity index is 1.15. The van der Waals surface area contributed by atoms with Crippen molar-refractivity contribution in [2.45, 2.75) is 6.54 Å². The standard InChI is InChI=1S/C28H30N6O2/c35-27(21-34-11-8-22-4-3-9-30-28(22)34)33-14-12-31(13-15-33)25-6-2-1-5-24(25)23-7-10-29-26(20-23)32-16-18-36-19-17-32/h1-11,20H,12-19,21H2. The van der Waals surface area contributed by atoms with Gasteiger partial charge in [-0.15, -0.1) is 0 Å². The fraction of sp³-hybridized carbons (Fsp3) is 0.321. The van der Waals surface area contributed by atoms with Crippen molar-refractivity contribution in [2.24, 2.45) is 0 Å². The number of rotatable bonds is 5. The predicted octanol–water partition coefficient (Wildman–Crippen LogP) is 3.28. The average Bonchev–Trinajstić information content (AvgIpc) is 3.36. The molecule has 1 amide bonds. The minimum atomic E-state index is 0.135. The van der Waals surface area contributed by atoms with Crippen LogP contribution in [0.4, 0.5) is 11.5 Å². The number of piperazine rings is 1. The van der Waals surface area contributed by atoms with Crippen molar-refractivity contribution in [3.8, 4) is 11.1 Å². The Bertz CT molecular complexity index is 1350. The largest absolute Gasteiger partial charge is 0.378 e. The SMILES string of the molecule is O=C(Cn1ccc2cccnc21)N1CCN(c2ccccc2-c2ccnc(N3CCOCC3)c2)CC1. The third-order valence-electron chi connectivity index (χ3n) is 7.10. The van der Waals surface area contributed by atoms with E-state index in [0.29, 0.717) is 19.6 Å². The molecule has 2 fully saturated rings. The van der Waals surface area contributed by atoms with Gasteiger partial charge >= 0.3 is 0 Å². The van der Waals surface area contributed by atoms with Gasteiger partial charge < -0.3 is 24.0 Å². The van der Waals surface area contributed by atoms with Crippen molar-refractivity contribution < 1.29 is 9.53 Å². The van der Waals surface area contributed by atoms with Crippen LogP contribution in [0, 0.1) is 0 Å². The number of carbonyl (C=O) groups excluding carboxylic acids is 1. The van der Waals surface area contributed by atoms with E-state index in [1.165, 1.54) is 11.3 Å². The summed E-state index contributed by atoms with van der Waals surface area (Å²) in [5, 5.41) is 1.06. The van der Waals surface area contributed by atoms with Crippen molar-refractivity contribution in [2.75, 3.05) is 62.3 Å². The van der Waals surface area contributed by atoms with Gasteiger partial charge in [-0.25, -0.2) is 9.97 Å². The Labute approximate surface area is 210 Å². The highest BCUT2D eigenvalue weighted by Crippen LogP contribution is 2.33. The molecule has 8 nitrogen and oxygen atoms in total. The Morgan fingerprint density at radius 2 is 1.67 bits per heavy atom. The molecule has 0 radical (unpaired) electrons. The van der Waals surface area contributed by atoms with Gasteiger partial charge in [0.1, 0.15) is 18.0 Å². The zero-order valence-electron chi connectivity index (χ0n) is 20.3. The molecule has 5 heterocycles. The van der Waals surface area contributed by atoms with Crippen molar-refractivity contribution >= 4 is 28.4 Å². The smallest absolute Gasteiger partial charge is 0.242 e. The predicted molar refractivity (Wildman–Crippen MR) is 141 cm³/mol. The monoisotopic (exact) mass is 482 g/mol. The summed E-state index contributed by atoms with van der Waals surface area (Å²) in [6.07, 6.45) is 5.61. The Morgan fingerprint density at radius 1 is 0.833 bits per heavy atom. The molecule has 4 aromatic rings. The van der Waals surface area contributed by atoms with E-state index >= 15 is 0 Å². The molecule has 6 rings (SSSR count). The van der Waals surface area contributed by atoms with Crippen molar-refractivity contribution in [1.82, 2.24) is 19.4 Å². The average molecular weight is 483 g/mol. The number of benzene rings is 1. The van der Waals surface area contributed by atoms with E-state index in [0.717, 1.165) is 61.8 Å². The third kappa shape index (κ3) is 4.52. The van der Waals surface area contributed by atoms with Crippen molar-refractivity contribution in [1.29, 1.82) is 0 Å². The molecule has 0 aliphatic carbocycles. The highest BCUT2D eigenvalue weighted by molar-refractivity contribution is 5.82. The fourth-order valence-corrected chi connectivity index (χ4v) is 5.14. The summed E-state index contributed by atoms with van der Waals surface area (Å²) in [6.45, 7) is 6.53. The van der Waals surface area contributed by atoms with Crippen LogP contribution in [0.5, 0.6) is 0 Å². The van der Waals surface area contributed by atoms with Crippen LogP contribution in [-0.2, 0) is 16.1 Å². The van der Waals surface area contributed by atoms with Gasteiger partial charge in [0, 0.05) is 74.5 Å². The number of hydrogen-bond acceptors (Lipinski definition) is 6. The Hall–Kier alpha value is -3.91. The Morgan fingerprint density at radius 3 is 2.53 bits per heavy atom. The van der Waals surface area contributed by atoms with E-state index in [9.17, 15) is 4.79 Å². The third-order valence-corrected chi connectivity index (χ3v) is 7.10. The minimum absolute atomic E-state index is 0.135. The number of anilines is 2. The summed E-state index contributed by atoms with van der Waals surface area (Å²) in [7, 11) is 0. The van der Waals surface area contributed by atoms with Gasteiger partial charge in [-0.2, -0.15) is 0 Å². The molecule has 0 spiro atoms. The highest BCUT2D eigenvalue weighted by atomic mass is 16.5. The second-order valence-electron chi connectivity index (χ2n) is 9.25. The lowest BCUT2D eigenvalue weighted by atomic mass is 10.0. The number of amides is 1. The first-order valence-corrected chi connectivity index (χ1v) is 12.6. The van der Waals surface area contributed by atoms with Crippen LogP contribution in [0.3, 0.4) is 0 Å². The van der Waals surface area contributed by atoms with Crippen LogP contribution in [0.1, 0.15) is 0 Å². The molecule has 2 aliphatic heterocycles. The topological polar surface area (TPSA) is 66.7 Å². The van der Waals surface area contributed by atoms with Crippen LogP contribution in [0.15, 0.2) is 73.2 Å². The molecule has 0 saturated carbocycles. The van der Waals surface area contributed by atoms with Gasteiger partial charge in [0.05, 0.1) is 13.2 Å². The molecule has 0 N–H and O–H groups in total. The zero-order chi connectivity index (χ0) is 24.3. The van der Waals surface area contributed by atoms with Gasteiger partial charge in [0.25, 0.3) is 0 Å². The maximum Gasteiger partial charge on any atom is 0.242 e. The molecule has 0 bridgehead atoms. The molecular formula is C28H30N6O2.